The summed E-state index contributed by atoms with van der Waals surface area (Å²) >= 11 is 1.95. The summed E-state index contributed by atoms with van der Waals surface area (Å²) in [5.41, 5.74) is 4.94. The van der Waals surface area contributed by atoms with E-state index >= 15 is 0 Å². The van der Waals surface area contributed by atoms with Crippen LogP contribution in [0, 0.1) is 12.8 Å². The first-order valence-electron chi connectivity index (χ1n) is 12.9. The fourth-order valence-electron chi connectivity index (χ4n) is 4.01. The summed E-state index contributed by atoms with van der Waals surface area (Å²) in [5.74, 6) is 2.32. The van der Waals surface area contributed by atoms with Crippen molar-refractivity contribution < 1.29 is 9.59 Å². The molecule has 0 aromatic heterocycles. The van der Waals surface area contributed by atoms with Crippen LogP contribution in [0.15, 0.2) is 35.3 Å². The minimum atomic E-state index is -0.127. The molecular formula is C28H44N4O2S. The van der Waals surface area contributed by atoms with Gasteiger partial charge in [0, 0.05) is 61.4 Å². The minimum absolute atomic E-state index is 0.0122. The zero-order valence-electron chi connectivity index (χ0n) is 22.3. The summed E-state index contributed by atoms with van der Waals surface area (Å²) in [7, 11) is 0. The van der Waals surface area contributed by atoms with Gasteiger partial charge in [0.1, 0.15) is 0 Å². The summed E-state index contributed by atoms with van der Waals surface area (Å²) < 4.78 is 0. The van der Waals surface area contributed by atoms with Crippen LogP contribution in [0.4, 0.5) is 5.69 Å². The normalized spacial score (nSPS) is 16.4. The molecule has 2 amide bonds. The summed E-state index contributed by atoms with van der Waals surface area (Å²) in [4.78, 5) is 32.3. The summed E-state index contributed by atoms with van der Waals surface area (Å²) in [6.07, 6.45) is 2.90. The molecule has 2 atom stereocenters. The number of rotatable bonds is 13. The van der Waals surface area contributed by atoms with Gasteiger partial charge in [-0.25, -0.2) is 0 Å². The predicted octanol–water partition coefficient (Wildman–Crippen LogP) is 4.68. The number of amides is 2. The molecule has 0 radical (unpaired) electrons. The number of carbonyl (C=O) groups excluding carboxylic acids is 2. The molecule has 1 aliphatic heterocycles. The number of hydrogen-bond acceptors (Lipinski definition) is 5. The van der Waals surface area contributed by atoms with Gasteiger partial charge in [0.25, 0.3) is 0 Å². The lowest BCUT2D eigenvalue weighted by atomic mass is 9.98. The summed E-state index contributed by atoms with van der Waals surface area (Å²) in [6, 6.07) is 6.22. The van der Waals surface area contributed by atoms with E-state index in [1.807, 2.05) is 18.7 Å². The van der Waals surface area contributed by atoms with E-state index in [4.69, 9.17) is 4.99 Å². The predicted molar refractivity (Wildman–Crippen MR) is 150 cm³/mol. The van der Waals surface area contributed by atoms with Crippen molar-refractivity contribution in [3.8, 4) is 0 Å². The van der Waals surface area contributed by atoms with Crippen molar-refractivity contribution in [3.63, 3.8) is 0 Å². The fourth-order valence-corrected chi connectivity index (χ4v) is 4.98. The highest BCUT2D eigenvalue weighted by Gasteiger charge is 2.21. The van der Waals surface area contributed by atoms with Gasteiger partial charge in [-0.2, -0.15) is 11.8 Å². The van der Waals surface area contributed by atoms with Crippen LogP contribution >= 0.6 is 11.8 Å². The topological polar surface area (TPSA) is 73.8 Å². The van der Waals surface area contributed by atoms with E-state index in [2.05, 4.69) is 68.0 Å². The van der Waals surface area contributed by atoms with Gasteiger partial charge in [-0.3, -0.25) is 19.5 Å². The molecule has 1 heterocycles. The van der Waals surface area contributed by atoms with Crippen LogP contribution < -0.4 is 10.6 Å². The highest BCUT2D eigenvalue weighted by Crippen LogP contribution is 2.21. The SMILES string of the molecule is C=C(CN1CCSCC1)C(=O)NCC(NC(=O)CC/C(C)=N/c1ccc(CC)cc1C)C(C)CC. The zero-order chi connectivity index (χ0) is 25.8. The Kier molecular flexibility index (Phi) is 12.6. The maximum atomic E-state index is 12.7. The van der Waals surface area contributed by atoms with Crippen molar-refractivity contribution in [1.29, 1.82) is 0 Å². The molecule has 0 aliphatic carbocycles. The van der Waals surface area contributed by atoms with E-state index in [9.17, 15) is 9.59 Å². The van der Waals surface area contributed by atoms with E-state index in [0.29, 0.717) is 31.5 Å². The number of nitrogens with one attached hydrogen (secondary N) is 2. The van der Waals surface area contributed by atoms with Gasteiger partial charge in [-0.15, -0.1) is 0 Å². The first kappa shape index (κ1) is 29.1. The third-order valence-corrected chi connectivity index (χ3v) is 7.64. The first-order valence-corrected chi connectivity index (χ1v) is 14.1. The lowest BCUT2D eigenvalue weighted by molar-refractivity contribution is -0.123. The number of hydrogen-bond donors (Lipinski definition) is 2. The molecule has 7 heteroatoms. The standard InChI is InChI=1S/C28H44N4O2S/c1-7-20(3)26(18-29-28(34)22(5)19-32-13-15-35-16-14-32)31-27(33)12-9-23(6)30-25-11-10-24(8-2)17-21(25)4/h10-11,17,20,26H,5,7-9,12-16,18-19H2,1-4,6H3,(H,29,34)(H,31,33)/b30-23+. The quantitative estimate of drug-likeness (QED) is 0.305. The van der Waals surface area contributed by atoms with Crippen LogP contribution in [-0.4, -0.2) is 66.2 Å². The van der Waals surface area contributed by atoms with E-state index in [-0.39, 0.29) is 23.8 Å². The van der Waals surface area contributed by atoms with Crippen molar-refractivity contribution >= 4 is 35.0 Å². The highest BCUT2D eigenvalue weighted by atomic mass is 32.2. The third kappa shape index (κ3) is 10.2. The molecule has 0 spiro atoms. The molecule has 1 fully saturated rings. The lowest BCUT2D eigenvalue weighted by Gasteiger charge is -2.27. The maximum Gasteiger partial charge on any atom is 0.247 e. The molecule has 1 aromatic carbocycles. The van der Waals surface area contributed by atoms with Crippen molar-refractivity contribution in [2.24, 2.45) is 10.9 Å². The molecule has 35 heavy (non-hydrogen) atoms. The number of carbonyl (C=O) groups is 2. The number of benzene rings is 1. The molecule has 194 valence electrons. The second kappa shape index (κ2) is 15.1. The third-order valence-electron chi connectivity index (χ3n) is 6.69. The minimum Gasteiger partial charge on any atom is -0.351 e. The summed E-state index contributed by atoms with van der Waals surface area (Å²) in [5, 5.41) is 6.13. The maximum absolute atomic E-state index is 12.7. The van der Waals surface area contributed by atoms with Gasteiger partial charge in [0.2, 0.25) is 11.8 Å². The number of aryl methyl sites for hydroxylation is 2. The van der Waals surface area contributed by atoms with E-state index in [1.165, 1.54) is 5.56 Å². The van der Waals surface area contributed by atoms with Crippen molar-refractivity contribution in [2.75, 3.05) is 37.7 Å². The summed E-state index contributed by atoms with van der Waals surface area (Å²) in [6.45, 7) is 17.4. The van der Waals surface area contributed by atoms with E-state index < -0.39 is 0 Å². The molecule has 2 rings (SSSR count). The lowest BCUT2D eigenvalue weighted by Crippen LogP contribution is -2.48. The Morgan fingerprint density at radius 3 is 2.54 bits per heavy atom. The fraction of sp³-hybridized carbons (Fsp3) is 0.607. The first-order chi connectivity index (χ1) is 16.7. The van der Waals surface area contributed by atoms with Gasteiger partial charge < -0.3 is 10.6 Å². The molecule has 2 N–H and O–H groups in total. The van der Waals surface area contributed by atoms with Crippen LogP contribution in [0.5, 0.6) is 0 Å². The highest BCUT2D eigenvalue weighted by molar-refractivity contribution is 7.99. The Hall–Kier alpha value is -2.12. The zero-order valence-corrected chi connectivity index (χ0v) is 23.1. The Morgan fingerprint density at radius 1 is 1.20 bits per heavy atom. The number of aliphatic imine (C=N–C) groups is 1. The van der Waals surface area contributed by atoms with Crippen LogP contribution in [0.2, 0.25) is 0 Å². The average Bonchev–Trinajstić information content (AvgIpc) is 2.86. The van der Waals surface area contributed by atoms with Crippen molar-refractivity contribution in [3.05, 3.63) is 41.5 Å². The molecule has 1 aliphatic rings. The van der Waals surface area contributed by atoms with Crippen LogP contribution in [0.1, 0.15) is 58.1 Å². The van der Waals surface area contributed by atoms with Crippen molar-refractivity contribution in [1.82, 2.24) is 15.5 Å². The Bertz CT molecular complexity index is 893. The smallest absolute Gasteiger partial charge is 0.247 e. The van der Waals surface area contributed by atoms with Gasteiger partial charge >= 0.3 is 0 Å². The molecular weight excluding hydrogens is 456 g/mol. The van der Waals surface area contributed by atoms with E-state index in [1.54, 1.807) is 0 Å². The second-order valence-electron chi connectivity index (χ2n) is 9.58. The van der Waals surface area contributed by atoms with Gasteiger partial charge in [-0.1, -0.05) is 45.9 Å². The van der Waals surface area contributed by atoms with Gasteiger partial charge in [0.15, 0.2) is 0 Å². The molecule has 2 unspecified atom stereocenters. The van der Waals surface area contributed by atoms with Crippen LogP contribution in [0.3, 0.4) is 0 Å². The number of nitrogens with zero attached hydrogens (tertiary/aromatic N) is 2. The Morgan fingerprint density at radius 2 is 1.91 bits per heavy atom. The Balaban J connectivity index is 1.84. The van der Waals surface area contributed by atoms with E-state index in [0.717, 1.165) is 54.4 Å². The Labute approximate surface area is 216 Å². The monoisotopic (exact) mass is 500 g/mol. The second-order valence-corrected chi connectivity index (χ2v) is 10.8. The molecule has 0 saturated carbocycles. The largest absolute Gasteiger partial charge is 0.351 e. The van der Waals surface area contributed by atoms with Crippen LogP contribution in [0.25, 0.3) is 0 Å². The van der Waals surface area contributed by atoms with Crippen LogP contribution in [-0.2, 0) is 16.0 Å². The van der Waals surface area contributed by atoms with Crippen molar-refractivity contribution in [2.45, 2.75) is 66.3 Å². The molecule has 6 nitrogen and oxygen atoms in total. The average molecular weight is 501 g/mol. The van der Waals surface area contributed by atoms with Gasteiger partial charge in [-0.05, 0) is 49.8 Å². The number of thioether (sulfide) groups is 1. The molecule has 1 aromatic rings. The molecule has 1 saturated heterocycles. The molecule has 0 bridgehead atoms. The van der Waals surface area contributed by atoms with Gasteiger partial charge in [0.05, 0.1) is 5.69 Å².